The van der Waals surface area contributed by atoms with E-state index in [0.717, 1.165) is 25.7 Å². The number of rotatable bonds is 12. The zero-order chi connectivity index (χ0) is 17.9. The summed E-state index contributed by atoms with van der Waals surface area (Å²) >= 11 is -2.65. The standard InChI is InChI=1S/C9H15O2.3C4H9.Sn/c10-8-4-7-9(11)5-2-1-3-6-9;3*1-3-4-2;/h4,10-11H,1-3,5-6,8H2;3*1,3-4H2,2H3;. The first-order valence-electron chi connectivity index (χ1n) is 10.6. The van der Waals surface area contributed by atoms with Crippen molar-refractivity contribution >= 4 is 18.4 Å². The Balaban J connectivity index is 3.22. The molecule has 2 nitrogen and oxygen atoms in total. The molecule has 0 amide bonds. The molecule has 0 aromatic heterocycles. The molecule has 1 saturated carbocycles. The van der Waals surface area contributed by atoms with Crippen LogP contribution in [0.2, 0.25) is 13.3 Å². The van der Waals surface area contributed by atoms with Gasteiger partial charge in [0.15, 0.2) is 0 Å². The Labute approximate surface area is 155 Å². The van der Waals surface area contributed by atoms with Crippen molar-refractivity contribution in [2.24, 2.45) is 0 Å². The van der Waals surface area contributed by atoms with Gasteiger partial charge in [0, 0.05) is 0 Å². The summed E-state index contributed by atoms with van der Waals surface area (Å²) in [6, 6.07) is 0. The molecule has 0 bridgehead atoms. The first-order valence-corrected chi connectivity index (χ1v) is 18.1. The fraction of sp³-hybridized carbons (Fsp3) is 0.905. The fourth-order valence-corrected chi connectivity index (χ4v) is 23.0. The maximum atomic E-state index is 11.6. The predicted molar refractivity (Wildman–Crippen MR) is 108 cm³/mol. The average Bonchev–Trinajstić information content (AvgIpc) is 2.60. The fourth-order valence-electron chi connectivity index (χ4n) is 4.72. The zero-order valence-corrected chi connectivity index (χ0v) is 19.4. The Morgan fingerprint density at radius 1 is 0.875 bits per heavy atom. The van der Waals surface area contributed by atoms with E-state index >= 15 is 0 Å². The molecular formula is C21H42O2Sn. The van der Waals surface area contributed by atoms with E-state index in [9.17, 15) is 10.2 Å². The quantitative estimate of drug-likeness (QED) is 0.363. The second-order valence-electron chi connectivity index (χ2n) is 7.98. The number of hydrogen-bond donors (Lipinski definition) is 2. The minimum atomic E-state index is -2.65. The van der Waals surface area contributed by atoms with E-state index < -0.39 is 24.0 Å². The SMILES string of the molecule is CCC[CH2][Sn]([CH2]CCC)([CH2]CCC)/[C](=C/CO)C1(O)CCCCC1. The van der Waals surface area contributed by atoms with Gasteiger partial charge in [-0.2, -0.15) is 0 Å². The van der Waals surface area contributed by atoms with Gasteiger partial charge in [0.25, 0.3) is 0 Å². The van der Waals surface area contributed by atoms with Crippen LogP contribution in [-0.2, 0) is 0 Å². The van der Waals surface area contributed by atoms with Crippen LogP contribution in [0.3, 0.4) is 0 Å². The molecule has 0 aliphatic heterocycles. The van der Waals surface area contributed by atoms with E-state index in [1.807, 2.05) is 0 Å². The van der Waals surface area contributed by atoms with Crippen molar-refractivity contribution in [3.63, 3.8) is 0 Å². The zero-order valence-electron chi connectivity index (χ0n) is 16.6. The van der Waals surface area contributed by atoms with Gasteiger partial charge in [-0.05, 0) is 0 Å². The van der Waals surface area contributed by atoms with Crippen LogP contribution in [0.4, 0.5) is 0 Å². The molecule has 1 rings (SSSR count). The Morgan fingerprint density at radius 2 is 1.33 bits per heavy atom. The van der Waals surface area contributed by atoms with Crippen molar-refractivity contribution in [1.82, 2.24) is 0 Å². The van der Waals surface area contributed by atoms with Crippen molar-refractivity contribution < 1.29 is 10.2 Å². The van der Waals surface area contributed by atoms with E-state index in [2.05, 4.69) is 26.8 Å². The maximum absolute atomic E-state index is 11.6. The normalized spacial score (nSPS) is 18.8. The van der Waals surface area contributed by atoms with Crippen LogP contribution in [0, 0.1) is 0 Å². The topological polar surface area (TPSA) is 40.5 Å². The summed E-state index contributed by atoms with van der Waals surface area (Å²) in [5.41, 5.74) is -0.577. The van der Waals surface area contributed by atoms with E-state index in [-0.39, 0.29) is 6.61 Å². The Bertz CT molecular complexity index is 337. The van der Waals surface area contributed by atoms with Gasteiger partial charge in [0.2, 0.25) is 0 Å². The Hall–Kier alpha value is 0.459. The van der Waals surface area contributed by atoms with Gasteiger partial charge in [0.1, 0.15) is 0 Å². The third kappa shape index (κ3) is 6.32. The number of hydrogen-bond acceptors (Lipinski definition) is 2. The molecule has 0 saturated heterocycles. The summed E-state index contributed by atoms with van der Waals surface area (Å²) in [6.45, 7) is 6.99. The third-order valence-electron chi connectivity index (χ3n) is 6.08. The van der Waals surface area contributed by atoms with Gasteiger partial charge in [0.05, 0.1) is 0 Å². The summed E-state index contributed by atoms with van der Waals surface area (Å²) in [4.78, 5) is 0. The minimum absolute atomic E-state index is 0.112. The second-order valence-corrected chi connectivity index (χ2v) is 21.1. The number of aliphatic hydroxyl groups excluding tert-OH is 1. The van der Waals surface area contributed by atoms with Crippen LogP contribution in [0.15, 0.2) is 9.67 Å². The van der Waals surface area contributed by atoms with Crippen LogP contribution in [0.5, 0.6) is 0 Å². The molecule has 1 aliphatic carbocycles. The molecule has 0 aromatic carbocycles. The van der Waals surface area contributed by atoms with Crippen molar-refractivity contribution in [1.29, 1.82) is 0 Å². The van der Waals surface area contributed by atoms with Gasteiger partial charge in [-0.1, -0.05) is 0 Å². The molecule has 0 unspecified atom stereocenters. The monoisotopic (exact) mass is 446 g/mol. The summed E-state index contributed by atoms with van der Waals surface area (Å²) in [6.07, 6.45) is 15.2. The van der Waals surface area contributed by atoms with Gasteiger partial charge >= 0.3 is 155 Å². The van der Waals surface area contributed by atoms with Gasteiger partial charge < -0.3 is 0 Å². The molecule has 3 heteroatoms. The molecule has 2 N–H and O–H groups in total. The van der Waals surface area contributed by atoms with E-state index in [1.165, 1.54) is 61.8 Å². The molecular weight excluding hydrogens is 403 g/mol. The van der Waals surface area contributed by atoms with Gasteiger partial charge in [-0.25, -0.2) is 0 Å². The molecule has 0 spiro atoms. The third-order valence-corrected chi connectivity index (χ3v) is 22.5. The Kier molecular flexibility index (Phi) is 11.2. The number of unbranched alkanes of at least 4 members (excludes halogenated alkanes) is 3. The van der Waals surface area contributed by atoms with E-state index in [0.29, 0.717) is 0 Å². The molecule has 24 heavy (non-hydrogen) atoms. The number of aliphatic hydroxyl groups is 2. The molecule has 142 valence electrons. The first kappa shape index (κ1) is 22.5. The summed E-state index contributed by atoms with van der Waals surface area (Å²) in [5, 5.41) is 21.3. The van der Waals surface area contributed by atoms with Crippen LogP contribution in [0.1, 0.15) is 91.4 Å². The summed E-state index contributed by atoms with van der Waals surface area (Å²) < 4.78 is 5.53. The first-order chi connectivity index (χ1) is 11.6. The molecule has 0 atom stereocenters. The van der Waals surface area contributed by atoms with Crippen molar-refractivity contribution in [3.05, 3.63) is 9.67 Å². The van der Waals surface area contributed by atoms with Crippen LogP contribution in [-0.4, -0.2) is 40.8 Å². The average molecular weight is 445 g/mol. The summed E-state index contributed by atoms with van der Waals surface area (Å²) in [5.74, 6) is 0. The van der Waals surface area contributed by atoms with Gasteiger partial charge in [-0.15, -0.1) is 0 Å². The molecule has 1 aliphatic rings. The van der Waals surface area contributed by atoms with Crippen molar-refractivity contribution in [3.8, 4) is 0 Å². The van der Waals surface area contributed by atoms with Crippen molar-refractivity contribution in [2.45, 2.75) is 110 Å². The molecule has 0 heterocycles. The molecule has 1 fully saturated rings. The van der Waals surface area contributed by atoms with E-state index in [1.54, 1.807) is 0 Å². The van der Waals surface area contributed by atoms with Crippen molar-refractivity contribution in [2.75, 3.05) is 6.61 Å². The summed E-state index contributed by atoms with van der Waals surface area (Å²) in [7, 11) is 0. The Morgan fingerprint density at radius 3 is 1.71 bits per heavy atom. The van der Waals surface area contributed by atoms with Crippen LogP contribution in [0.25, 0.3) is 0 Å². The predicted octanol–water partition coefficient (Wildman–Crippen LogP) is 5.99. The second kappa shape index (κ2) is 12.0. The molecule has 0 aromatic rings. The van der Waals surface area contributed by atoms with Gasteiger partial charge in [-0.3, -0.25) is 0 Å². The van der Waals surface area contributed by atoms with Crippen LogP contribution >= 0.6 is 0 Å². The molecule has 0 radical (unpaired) electrons. The van der Waals surface area contributed by atoms with E-state index in [4.69, 9.17) is 0 Å². The van der Waals surface area contributed by atoms with Crippen LogP contribution < -0.4 is 0 Å².